The van der Waals surface area contributed by atoms with Gasteiger partial charge in [0, 0.05) is 6.54 Å². The van der Waals surface area contributed by atoms with Gasteiger partial charge in [0.2, 0.25) is 0 Å². The Morgan fingerprint density at radius 2 is 2.07 bits per heavy atom. The van der Waals surface area contributed by atoms with E-state index >= 15 is 0 Å². The number of hydrogen-bond acceptors (Lipinski definition) is 4. The molecule has 0 spiro atoms. The highest BCUT2D eigenvalue weighted by Crippen LogP contribution is 2.29. The molecule has 1 aliphatic carbocycles. The SMILES string of the molecule is OC1(CNc2ccc(Cl)nn2)CCCC1. The van der Waals surface area contributed by atoms with Crippen LogP contribution in [0.5, 0.6) is 0 Å². The van der Waals surface area contributed by atoms with Gasteiger partial charge in [-0.05, 0) is 25.0 Å². The minimum Gasteiger partial charge on any atom is -0.388 e. The molecular weight excluding hydrogens is 214 g/mol. The van der Waals surface area contributed by atoms with Crippen LogP contribution in [0.4, 0.5) is 5.82 Å². The van der Waals surface area contributed by atoms with Crippen LogP contribution < -0.4 is 5.32 Å². The van der Waals surface area contributed by atoms with Crippen LogP contribution in [0.2, 0.25) is 5.15 Å². The van der Waals surface area contributed by atoms with Crippen molar-refractivity contribution in [2.24, 2.45) is 0 Å². The van der Waals surface area contributed by atoms with Gasteiger partial charge in [-0.2, -0.15) is 0 Å². The van der Waals surface area contributed by atoms with Gasteiger partial charge in [-0.15, -0.1) is 10.2 Å². The number of halogens is 1. The summed E-state index contributed by atoms with van der Waals surface area (Å²) in [5.41, 5.74) is -0.568. The fourth-order valence-corrected chi connectivity index (χ4v) is 1.98. The monoisotopic (exact) mass is 227 g/mol. The molecule has 15 heavy (non-hydrogen) atoms. The lowest BCUT2D eigenvalue weighted by atomic mass is 10.0. The smallest absolute Gasteiger partial charge is 0.151 e. The number of aromatic nitrogens is 2. The normalized spacial score (nSPS) is 19.1. The molecule has 0 atom stereocenters. The summed E-state index contributed by atoms with van der Waals surface area (Å²) >= 11 is 5.62. The van der Waals surface area contributed by atoms with Gasteiger partial charge in [0.25, 0.3) is 0 Å². The molecule has 1 aliphatic rings. The van der Waals surface area contributed by atoms with E-state index in [1.807, 2.05) is 0 Å². The van der Waals surface area contributed by atoms with Crippen LogP contribution in [-0.2, 0) is 0 Å². The van der Waals surface area contributed by atoms with Gasteiger partial charge in [0.05, 0.1) is 5.60 Å². The summed E-state index contributed by atoms with van der Waals surface area (Å²) in [6.07, 6.45) is 3.93. The molecule has 1 aromatic heterocycles. The third-order valence-electron chi connectivity index (χ3n) is 2.76. The second-order valence-electron chi connectivity index (χ2n) is 4.03. The van der Waals surface area contributed by atoms with Gasteiger partial charge in [-0.1, -0.05) is 24.4 Å². The van der Waals surface area contributed by atoms with Crippen molar-refractivity contribution in [3.05, 3.63) is 17.3 Å². The Morgan fingerprint density at radius 3 is 2.67 bits per heavy atom. The van der Waals surface area contributed by atoms with E-state index in [0.717, 1.165) is 25.7 Å². The van der Waals surface area contributed by atoms with Gasteiger partial charge in [0.1, 0.15) is 5.82 Å². The standard InChI is InChI=1S/C10H14ClN3O/c11-8-3-4-9(14-13-8)12-7-10(15)5-1-2-6-10/h3-4,15H,1-2,5-7H2,(H,12,14). The van der Waals surface area contributed by atoms with Crippen molar-refractivity contribution in [2.75, 3.05) is 11.9 Å². The van der Waals surface area contributed by atoms with Crippen molar-refractivity contribution in [2.45, 2.75) is 31.3 Å². The zero-order chi connectivity index (χ0) is 10.7. The second-order valence-corrected chi connectivity index (χ2v) is 4.41. The first-order valence-corrected chi connectivity index (χ1v) is 5.51. The Morgan fingerprint density at radius 1 is 1.33 bits per heavy atom. The molecule has 2 rings (SSSR count). The van der Waals surface area contributed by atoms with Gasteiger partial charge in [-0.25, -0.2) is 0 Å². The van der Waals surface area contributed by atoms with E-state index in [9.17, 15) is 5.11 Å². The van der Waals surface area contributed by atoms with Crippen molar-refractivity contribution in [3.8, 4) is 0 Å². The second kappa shape index (κ2) is 4.33. The predicted molar refractivity (Wildman–Crippen MR) is 58.9 cm³/mol. The molecule has 0 aromatic carbocycles. The van der Waals surface area contributed by atoms with E-state index in [-0.39, 0.29) is 0 Å². The molecule has 0 radical (unpaired) electrons. The zero-order valence-corrected chi connectivity index (χ0v) is 9.17. The molecule has 4 nitrogen and oxygen atoms in total. The van der Waals surface area contributed by atoms with E-state index in [2.05, 4.69) is 15.5 Å². The summed E-state index contributed by atoms with van der Waals surface area (Å²) in [4.78, 5) is 0. The molecule has 1 heterocycles. The fourth-order valence-electron chi connectivity index (χ4n) is 1.88. The molecule has 1 saturated carbocycles. The molecule has 0 bridgehead atoms. The van der Waals surface area contributed by atoms with Crippen LogP contribution in [0.1, 0.15) is 25.7 Å². The van der Waals surface area contributed by atoms with Crippen molar-refractivity contribution < 1.29 is 5.11 Å². The van der Waals surface area contributed by atoms with Crippen molar-refractivity contribution in [1.82, 2.24) is 10.2 Å². The van der Waals surface area contributed by atoms with E-state index < -0.39 is 5.60 Å². The lowest BCUT2D eigenvalue weighted by Gasteiger charge is -2.22. The Labute approximate surface area is 93.7 Å². The van der Waals surface area contributed by atoms with Crippen LogP contribution in [0.3, 0.4) is 0 Å². The number of anilines is 1. The lowest BCUT2D eigenvalue weighted by Crippen LogP contribution is -2.33. The summed E-state index contributed by atoms with van der Waals surface area (Å²) in [5, 5.41) is 21.1. The summed E-state index contributed by atoms with van der Waals surface area (Å²) in [6, 6.07) is 3.43. The van der Waals surface area contributed by atoms with Crippen LogP contribution in [0.15, 0.2) is 12.1 Å². The topological polar surface area (TPSA) is 58.0 Å². The maximum atomic E-state index is 10.1. The van der Waals surface area contributed by atoms with Crippen molar-refractivity contribution >= 4 is 17.4 Å². The summed E-state index contributed by atoms with van der Waals surface area (Å²) in [7, 11) is 0. The van der Waals surface area contributed by atoms with Crippen LogP contribution in [0.25, 0.3) is 0 Å². The quantitative estimate of drug-likeness (QED) is 0.828. The van der Waals surface area contributed by atoms with E-state index in [1.165, 1.54) is 0 Å². The summed E-state index contributed by atoms with van der Waals surface area (Å²) in [5.74, 6) is 0.653. The van der Waals surface area contributed by atoms with Gasteiger partial charge >= 0.3 is 0 Å². The molecule has 2 N–H and O–H groups in total. The average Bonchev–Trinajstić information content (AvgIpc) is 2.65. The van der Waals surface area contributed by atoms with Crippen LogP contribution in [-0.4, -0.2) is 27.4 Å². The van der Waals surface area contributed by atoms with Crippen LogP contribution >= 0.6 is 11.6 Å². The Bertz CT molecular complexity index is 322. The first-order valence-electron chi connectivity index (χ1n) is 5.13. The van der Waals surface area contributed by atoms with Gasteiger partial charge in [-0.3, -0.25) is 0 Å². The van der Waals surface area contributed by atoms with Crippen molar-refractivity contribution in [3.63, 3.8) is 0 Å². The van der Waals surface area contributed by atoms with Gasteiger partial charge < -0.3 is 10.4 Å². The summed E-state index contributed by atoms with van der Waals surface area (Å²) in [6.45, 7) is 0.531. The molecule has 1 fully saturated rings. The van der Waals surface area contributed by atoms with E-state index in [4.69, 9.17) is 11.6 Å². The Balaban J connectivity index is 1.90. The zero-order valence-electron chi connectivity index (χ0n) is 8.41. The minimum absolute atomic E-state index is 0.375. The number of aliphatic hydroxyl groups is 1. The third-order valence-corrected chi connectivity index (χ3v) is 2.97. The number of rotatable bonds is 3. The molecule has 0 aliphatic heterocycles. The molecular formula is C10H14ClN3O. The highest BCUT2D eigenvalue weighted by atomic mass is 35.5. The molecule has 5 heteroatoms. The van der Waals surface area contributed by atoms with E-state index in [1.54, 1.807) is 12.1 Å². The Kier molecular flexibility index (Phi) is 3.07. The average molecular weight is 228 g/mol. The highest BCUT2D eigenvalue weighted by molar-refractivity contribution is 6.29. The summed E-state index contributed by atoms with van der Waals surface area (Å²) < 4.78 is 0. The number of hydrogen-bond donors (Lipinski definition) is 2. The van der Waals surface area contributed by atoms with E-state index in [0.29, 0.717) is 17.5 Å². The Hall–Kier alpha value is -0.870. The maximum Gasteiger partial charge on any atom is 0.151 e. The lowest BCUT2D eigenvalue weighted by molar-refractivity contribution is 0.0614. The minimum atomic E-state index is -0.568. The molecule has 0 amide bonds. The first-order chi connectivity index (χ1) is 7.18. The maximum absolute atomic E-state index is 10.1. The van der Waals surface area contributed by atoms with Crippen LogP contribution in [0, 0.1) is 0 Å². The fraction of sp³-hybridized carbons (Fsp3) is 0.600. The third kappa shape index (κ3) is 2.79. The number of nitrogens with one attached hydrogen (secondary N) is 1. The molecule has 0 unspecified atom stereocenters. The largest absolute Gasteiger partial charge is 0.388 e. The predicted octanol–water partition coefficient (Wildman–Crippen LogP) is 1.85. The molecule has 1 aromatic rings. The molecule has 0 saturated heterocycles. The number of nitrogens with zero attached hydrogens (tertiary/aromatic N) is 2. The molecule has 82 valence electrons. The van der Waals surface area contributed by atoms with Gasteiger partial charge in [0.15, 0.2) is 5.15 Å². The van der Waals surface area contributed by atoms with Crippen molar-refractivity contribution in [1.29, 1.82) is 0 Å². The first kappa shape index (κ1) is 10.6. The highest BCUT2D eigenvalue weighted by Gasteiger charge is 2.30.